The lowest BCUT2D eigenvalue weighted by atomic mass is 10.1. The molecule has 0 spiro atoms. The molecule has 1 heterocycles. The fourth-order valence-electron chi connectivity index (χ4n) is 1.61. The van der Waals surface area contributed by atoms with Gasteiger partial charge >= 0.3 is 0 Å². The van der Waals surface area contributed by atoms with Gasteiger partial charge in [-0.1, -0.05) is 28.9 Å². The van der Waals surface area contributed by atoms with E-state index >= 15 is 0 Å². The zero-order valence-corrected chi connectivity index (χ0v) is 11.0. The van der Waals surface area contributed by atoms with Crippen molar-refractivity contribution in [2.24, 2.45) is 5.92 Å². The van der Waals surface area contributed by atoms with E-state index in [1.807, 2.05) is 0 Å². The first-order valence-electron chi connectivity index (χ1n) is 5.74. The summed E-state index contributed by atoms with van der Waals surface area (Å²) in [6.07, 6.45) is 0.596. The molecule has 0 bridgehead atoms. The van der Waals surface area contributed by atoms with Gasteiger partial charge in [0.05, 0.1) is 17.0 Å². The molecule has 1 unspecified atom stereocenters. The summed E-state index contributed by atoms with van der Waals surface area (Å²) in [6.45, 7) is 1.76. The molecule has 0 saturated heterocycles. The predicted octanol–water partition coefficient (Wildman–Crippen LogP) is 3.16. The molecule has 2 aromatic rings. The molecule has 0 N–H and O–H groups in total. The van der Waals surface area contributed by atoms with Crippen LogP contribution in [0.1, 0.15) is 24.2 Å². The second-order valence-corrected chi connectivity index (χ2v) is 4.64. The van der Waals surface area contributed by atoms with Crippen molar-refractivity contribution in [1.82, 2.24) is 10.1 Å². The van der Waals surface area contributed by atoms with Crippen LogP contribution in [0.3, 0.4) is 0 Å². The van der Waals surface area contributed by atoms with Gasteiger partial charge in [-0.2, -0.15) is 10.2 Å². The smallest absolute Gasteiger partial charge is 0.227 e. The summed E-state index contributed by atoms with van der Waals surface area (Å²) >= 11 is 5.70. The van der Waals surface area contributed by atoms with Gasteiger partial charge in [0.1, 0.15) is 5.82 Å². The van der Waals surface area contributed by atoms with Crippen LogP contribution in [0.15, 0.2) is 22.7 Å². The molecular formula is C13H11ClFN3O. The molecule has 0 radical (unpaired) electrons. The summed E-state index contributed by atoms with van der Waals surface area (Å²) in [5.41, 5.74) is 0.410. The molecule has 0 aliphatic rings. The molecule has 0 amide bonds. The SMILES string of the molecule is CC(C#N)Cc1nc(Cc2cccc(Cl)c2F)no1. The van der Waals surface area contributed by atoms with E-state index in [9.17, 15) is 4.39 Å². The lowest BCUT2D eigenvalue weighted by Gasteiger charge is -2.00. The van der Waals surface area contributed by atoms with Crippen molar-refractivity contribution in [2.45, 2.75) is 19.8 Å². The zero-order valence-electron chi connectivity index (χ0n) is 10.2. The molecule has 98 valence electrons. The Morgan fingerprint density at radius 2 is 2.32 bits per heavy atom. The van der Waals surface area contributed by atoms with Gasteiger partial charge in [0.2, 0.25) is 5.89 Å². The topological polar surface area (TPSA) is 62.7 Å². The largest absolute Gasteiger partial charge is 0.339 e. The highest BCUT2D eigenvalue weighted by Gasteiger charge is 2.13. The van der Waals surface area contributed by atoms with Crippen molar-refractivity contribution < 1.29 is 8.91 Å². The summed E-state index contributed by atoms with van der Waals surface area (Å²) in [5, 5.41) is 12.5. The first kappa shape index (κ1) is 13.5. The minimum Gasteiger partial charge on any atom is -0.339 e. The van der Waals surface area contributed by atoms with Crippen molar-refractivity contribution in [3.05, 3.63) is 46.3 Å². The highest BCUT2D eigenvalue weighted by atomic mass is 35.5. The van der Waals surface area contributed by atoms with Gasteiger partial charge in [-0.15, -0.1) is 0 Å². The Morgan fingerprint density at radius 1 is 1.53 bits per heavy atom. The fraction of sp³-hybridized carbons (Fsp3) is 0.308. The molecule has 1 atom stereocenters. The molecule has 1 aromatic carbocycles. The first-order chi connectivity index (χ1) is 9.10. The van der Waals surface area contributed by atoms with Crippen molar-refractivity contribution >= 4 is 11.6 Å². The molecule has 4 nitrogen and oxygen atoms in total. The van der Waals surface area contributed by atoms with Gasteiger partial charge in [-0.05, 0) is 18.6 Å². The lowest BCUT2D eigenvalue weighted by molar-refractivity contribution is 0.365. The minimum atomic E-state index is -0.471. The van der Waals surface area contributed by atoms with Gasteiger partial charge in [0.15, 0.2) is 5.82 Å². The molecular weight excluding hydrogens is 269 g/mol. The van der Waals surface area contributed by atoms with Crippen molar-refractivity contribution in [3.8, 4) is 6.07 Å². The first-order valence-corrected chi connectivity index (χ1v) is 6.12. The van der Waals surface area contributed by atoms with Crippen LogP contribution < -0.4 is 0 Å². The molecule has 0 aliphatic carbocycles. The van der Waals surface area contributed by atoms with Gasteiger partial charge in [-0.3, -0.25) is 0 Å². The summed E-state index contributed by atoms with van der Waals surface area (Å²) < 4.78 is 18.7. The van der Waals surface area contributed by atoms with Gasteiger partial charge in [0.25, 0.3) is 0 Å². The zero-order chi connectivity index (χ0) is 13.8. The Hall–Kier alpha value is -1.93. The molecule has 0 aliphatic heterocycles. The van der Waals surface area contributed by atoms with E-state index in [1.54, 1.807) is 19.1 Å². The molecule has 19 heavy (non-hydrogen) atoms. The van der Waals surface area contributed by atoms with Crippen LogP contribution in [0.5, 0.6) is 0 Å². The Bertz CT molecular complexity index is 621. The summed E-state index contributed by atoms with van der Waals surface area (Å²) in [7, 11) is 0. The van der Waals surface area contributed by atoms with Gasteiger partial charge in [-0.25, -0.2) is 4.39 Å². The third kappa shape index (κ3) is 3.30. The van der Waals surface area contributed by atoms with E-state index in [4.69, 9.17) is 21.4 Å². The van der Waals surface area contributed by atoms with Crippen LogP contribution in [0.25, 0.3) is 0 Å². The second-order valence-electron chi connectivity index (χ2n) is 4.23. The number of nitrogens with zero attached hydrogens (tertiary/aromatic N) is 3. The monoisotopic (exact) mass is 279 g/mol. The second kappa shape index (κ2) is 5.81. The maximum atomic E-state index is 13.7. The van der Waals surface area contributed by atoms with Crippen LogP contribution >= 0.6 is 11.6 Å². The predicted molar refractivity (Wildman–Crippen MR) is 67.0 cm³/mol. The average molecular weight is 280 g/mol. The number of benzene rings is 1. The Labute approximate surface area is 114 Å². The number of aromatic nitrogens is 2. The third-order valence-electron chi connectivity index (χ3n) is 2.59. The van der Waals surface area contributed by atoms with Crippen LogP contribution in [-0.4, -0.2) is 10.1 Å². The molecule has 6 heteroatoms. The van der Waals surface area contributed by atoms with Crippen LogP contribution in [-0.2, 0) is 12.8 Å². The number of nitriles is 1. The van der Waals surface area contributed by atoms with Crippen molar-refractivity contribution in [3.63, 3.8) is 0 Å². The molecule has 0 fully saturated rings. The van der Waals surface area contributed by atoms with Gasteiger partial charge < -0.3 is 4.52 Å². The normalized spacial score (nSPS) is 12.1. The summed E-state index contributed by atoms with van der Waals surface area (Å²) in [6, 6.07) is 6.85. The van der Waals surface area contributed by atoms with Crippen LogP contribution in [0.2, 0.25) is 5.02 Å². The summed E-state index contributed by atoms with van der Waals surface area (Å²) in [4.78, 5) is 4.13. The van der Waals surface area contributed by atoms with Crippen LogP contribution in [0, 0.1) is 23.1 Å². The lowest BCUT2D eigenvalue weighted by Crippen LogP contribution is -1.98. The standard InChI is InChI=1S/C13H11ClFN3O/c1-8(7-16)5-12-17-11(18-19-12)6-9-3-2-4-10(14)13(9)15/h2-4,8H,5-6H2,1H3. The third-order valence-corrected chi connectivity index (χ3v) is 2.88. The summed E-state index contributed by atoms with van der Waals surface area (Å²) in [5.74, 6) is 0.0879. The number of hydrogen-bond acceptors (Lipinski definition) is 4. The van der Waals surface area contributed by atoms with E-state index in [2.05, 4.69) is 16.2 Å². The van der Waals surface area contributed by atoms with Gasteiger partial charge in [0, 0.05) is 12.8 Å². The van der Waals surface area contributed by atoms with Crippen molar-refractivity contribution in [2.75, 3.05) is 0 Å². The fourth-order valence-corrected chi connectivity index (χ4v) is 1.80. The highest BCUT2D eigenvalue weighted by molar-refractivity contribution is 6.30. The van der Waals surface area contributed by atoms with E-state index < -0.39 is 5.82 Å². The maximum absolute atomic E-state index is 13.7. The Balaban J connectivity index is 2.12. The highest BCUT2D eigenvalue weighted by Crippen LogP contribution is 2.19. The molecule has 2 rings (SSSR count). The van der Waals surface area contributed by atoms with Crippen molar-refractivity contribution in [1.29, 1.82) is 5.26 Å². The maximum Gasteiger partial charge on any atom is 0.227 e. The quantitative estimate of drug-likeness (QED) is 0.862. The average Bonchev–Trinajstić information content (AvgIpc) is 2.82. The molecule has 1 aromatic heterocycles. The number of rotatable bonds is 4. The minimum absolute atomic E-state index is 0.0688. The Morgan fingerprint density at radius 3 is 3.05 bits per heavy atom. The van der Waals surface area contributed by atoms with E-state index in [1.165, 1.54) is 6.07 Å². The van der Waals surface area contributed by atoms with E-state index in [0.29, 0.717) is 23.7 Å². The number of halogens is 2. The van der Waals surface area contributed by atoms with E-state index in [-0.39, 0.29) is 17.4 Å². The van der Waals surface area contributed by atoms with E-state index in [0.717, 1.165) is 0 Å². The Kier molecular flexibility index (Phi) is 4.13. The van der Waals surface area contributed by atoms with Crippen LogP contribution in [0.4, 0.5) is 4.39 Å². The number of hydrogen-bond donors (Lipinski definition) is 0. The molecule has 0 saturated carbocycles.